The van der Waals surface area contributed by atoms with Crippen LogP contribution in [0.5, 0.6) is 0 Å². The predicted molar refractivity (Wildman–Crippen MR) is 92.7 cm³/mol. The molecule has 1 atom stereocenters. The molecule has 1 saturated heterocycles. The van der Waals surface area contributed by atoms with Gasteiger partial charge in [0.25, 0.3) is 5.91 Å². The highest BCUT2D eigenvalue weighted by molar-refractivity contribution is 5.96. The van der Waals surface area contributed by atoms with Crippen molar-refractivity contribution in [1.29, 1.82) is 0 Å². The van der Waals surface area contributed by atoms with Crippen LogP contribution >= 0.6 is 0 Å². The molecule has 5 nitrogen and oxygen atoms in total. The monoisotopic (exact) mass is 328 g/mol. The van der Waals surface area contributed by atoms with Crippen LogP contribution in [0.15, 0.2) is 24.3 Å². The SMILES string of the molecule is C#Cc1ccccc1C(=O)N1CCN(C(=O)OC(C)(C)C)C(C)C1. The highest BCUT2D eigenvalue weighted by atomic mass is 16.6. The molecule has 5 heteroatoms. The lowest BCUT2D eigenvalue weighted by atomic mass is 10.1. The van der Waals surface area contributed by atoms with Crippen molar-refractivity contribution >= 4 is 12.0 Å². The first-order chi connectivity index (χ1) is 11.2. The molecule has 2 amide bonds. The molecular weight excluding hydrogens is 304 g/mol. The van der Waals surface area contributed by atoms with Gasteiger partial charge in [-0.25, -0.2) is 4.79 Å². The molecule has 1 aliphatic rings. The Kier molecular flexibility index (Phi) is 5.18. The number of carbonyl (C=O) groups is 2. The van der Waals surface area contributed by atoms with Crippen LogP contribution in [0.4, 0.5) is 4.79 Å². The van der Waals surface area contributed by atoms with Gasteiger partial charge in [-0.3, -0.25) is 4.79 Å². The number of piperazine rings is 1. The van der Waals surface area contributed by atoms with Crippen LogP contribution in [0.1, 0.15) is 43.6 Å². The maximum atomic E-state index is 12.7. The fraction of sp³-hybridized carbons (Fsp3) is 0.474. The first-order valence-corrected chi connectivity index (χ1v) is 8.07. The van der Waals surface area contributed by atoms with Crippen LogP contribution in [-0.2, 0) is 4.74 Å². The van der Waals surface area contributed by atoms with Crippen molar-refractivity contribution < 1.29 is 14.3 Å². The van der Waals surface area contributed by atoms with E-state index < -0.39 is 5.60 Å². The molecule has 0 spiro atoms. The molecule has 0 aromatic heterocycles. The first-order valence-electron chi connectivity index (χ1n) is 8.07. The summed E-state index contributed by atoms with van der Waals surface area (Å²) in [7, 11) is 0. The van der Waals surface area contributed by atoms with Crippen molar-refractivity contribution in [2.75, 3.05) is 19.6 Å². The van der Waals surface area contributed by atoms with E-state index >= 15 is 0 Å². The van der Waals surface area contributed by atoms with E-state index in [1.165, 1.54) is 0 Å². The second-order valence-corrected chi connectivity index (χ2v) is 6.96. The Morgan fingerprint density at radius 1 is 1.25 bits per heavy atom. The van der Waals surface area contributed by atoms with E-state index in [-0.39, 0.29) is 18.0 Å². The number of benzene rings is 1. The summed E-state index contributed by atoms with van der Waals surface area (Å²) < 4.78 is 5.42. The molecule has 2 rings (SSSR count). The molecule has 24 heavy (non-hydrogen) atoms. The third kappa shape index (κ3) is 4.08. The van der Waals surface area contributed by atoms with Crippen LogP contribution < -0.4 is 0 Å². The van der Waals surface area contributed by atoms with Gasteiger partial charge in [0.1, 0.15) is 5.60 Å². The average molecular weight is 328 g/mol. The van der Waals surface area contributed by atoms with Crippen molar-refractivity contribution in [3.8, 4) is 12.3 Å². The van der Waals surface area contributed by atoms with Gasteiger partial charge in [-0.2, -0.15) is 0 Å². The van der Waals surface area contributed by atoms with Gasteiger partial charge < -0.3 is 14.5 Å². The lowest BCUT2D eigenvalue weighted by Gasteiger charge is -2.40. The largest absolute Gasteiger partial charge is 0.444 e. The zero-order valence-electron chi connectivity index (χ0n) is 14.7. The Morgan fingerprint density at radius 2 is 1.92 bits per heavy atom. The van der Waals surface area contributed by atoms with Crippen molar-refractivity contribution in [2.24, 2.45) is 0 Å². The maximum absolute atomic E-state index is 12.7. The summed E-state index contributed by atoms with van der Waals surface area (Å²) in [6.07, 6.45) is 5.13. The molecule has 1 aromatic rings. The molecule has 1 unspecified atom stereocenters. The minimum Gasteiger partial charge on any atom is -0.444 e. The summed E-state index contributed by atoms with van der Waals surface area (Å²) in [5, 5.41) is 0. The van der Waals surface area contributed by atoms with Crippen molar-refractivity contribution in [3.63, 3.8) is 0 Å². The summed E-state index contributed by atoms with van der Waals surface area (Å²) in [5.74, 6) is 2.45. The Morgan fingerprint density at radius 3 is 2.50 bits per heavy atom. The first kappa shape index (κ1) is 17.9. The number of amides is 2. The van der Waals surface area contributed by atoms with Gasteiger partial charge in [-0.05, 0) is 39.8 Å². The molecule has 1 fully saturated rings. The van der Waals surface area contributed by atoms with Gasteiger partial charge in [0.15, 0.2) is 0 Å². The fourth-order valence-electron chi connectivity index (χ4n) is 2.70. The van der Waals surface area contributed by atoms with E-state index in [4.69, 9.17) is 11.2 Å². The highest BCUT2D eigenvalue weighted by Crippen LogP contribution is 2.18. The van der Waals surface area contributed by atoms with Gasteiger partial charge in [0, 0.05) is 31.2 Å². The van der Waals surface area contributed by atoms with Crippen LogP contribution in [0.3, 0.4) is 0 Å². The number of hydrogen-bond acceptors (Lipinski definition) is 3. The number of nitrogens with zero attached hydrogens (tertiary/aromatic N) is 2. The smallest absolute Gasteiger partial charge is 0.410 e. The Balaban J connectivity index is 2.07. The quantitative estimate of drug-likeness (QED) is 0.745. The molecule has 1 heterocycles. The number of hydrogen-bond donors (Lipinski definition) is 0. The lowest BCUT2D eigenvalue weighted by Crippen LogP contribution is -2.56. The van der Waals surface area contributed by atoms with Crippen LogP contribution in [0, 0.1) is 12.3 Å². The fourth-order valence-corrected chi connectivity index (χ4v) is 2.70. The standard InChI is InChI=1S/C19H24N2O3/c1-6-15-9-7-8-10-16(15)17(22)20-11-12-21(14(2)13-20)18(23)24-19(3,4)5/h1,7-10,14H,11-13H2,2-5H3. The average Bonchev–Trinajstić information content (AvgIpc) is 2.52. The molecule has 1 aromatic carbocycles. The third-order valence-electron chi connectivity index (χ3n) is 3.86. The summed E-state index contributed by atoms with van der Waals surface area (Å²) in [6, 6.07) is 7.00. The second-order valence-electron chi connectivity index (χ2n) is 6.96. The molecule has 0 bridgehead atoms. The molecular formula is C19H24N2O3. The molecule has 0 saturated carbocycles. The molecule has 0 N–H and O–H groups in total. The summed E-state index contributed by atoms with van der Waals surface area (Å²) in [5.41, 5.74) is 0.581. The molecule has 0 radical (unpaired) electrons. The zero-order valence-corrected chi connectivity index (χ0v) is 14.7. The minimum atomic E-state index is -0.532. The minimum absolute atomic E-state index is 0.0979. The van der Waals surface area contributed by atoms with E-state index in [2.05, 4.69) is 5.92 Å². The maximum Gasteiger partial charge on any atom is 0.410 e. The molecule has 1 aliphatic heterocycles. The van der Waals surface area contributed by atoms with E-state index in [9.17, 15) is 9.59 Å². The van der Waals surface area contributed by atoms with E-state index in [1.54, 1.807) is 28.0 Å². The topological polar surface area (TPSA) is 49.9 Å². The third-order valence-corrected chi connectivity index (χ3v) is 3.86. The van der Waals surface area contributed by atoms with Crippen molar-refractivity contribution in [1.82, 2.24) is 9.80 Å². The van der Waals surface area contributed by atoms with Crippen molar-refractivity contribution in [2.45, 2.75) is 39.3 Å². The van der Waals surface area contributed by atoms with Gasteiger partial charge in [0.2, 0.25) is 0 Å². The number of ether oxygens (including phenoxy) is 1. The van der Waals surface area contributed by atoms with Gasteiger partial charge in [-0.15, -0.1) is 6.42 Å². The summed E-state index contributed by atoms with van der Waals surface area (Å²) >= 11 is 0. The van der Waals surface area contributed by atoms with Gasteiger partial charge in [-0.1, -0.05) is 18.1 Å². The van der Waals surface area contributed by atoms with E-state index in [1.807, 2.05) is 33.8 Å². The molecule has 0 aliphatic carbocycles. The molecule has 128 valence electrons. The normalized spacial score (nSPS) is 18.0. The zero-order chi connectivity index (χ0) is 17.9. The van der Waals surface area contributed by atoms with Crippen LogP contribution in [0.25, 0.3) is 0 Å². The van der Waals surface area contributed by atoms with Crippen LogP contribution in [-0.4, -0.2) is 53.1 Å². The number of terminal acetylenes is 1. The van der Waals surface area contributed by atoms with E-state index in [0.29, 0.717) is 30.8 Å². The van der Waals surface area contributed by atoms with Crippen molar-refractivity contribution in [3.05, 3.63) is 35.4 Å². The van der Waals surface area contributed by atoms with Gasteiger partial charge in [0.05, 0.1) is 5.56 Å². The van der Waals surface area contributed by atoms with E-state index in [0.717, 1.165) is 0 Å². The Labute approximate surface area is 143 Å². The van der Waals surface area contributed by atoms with Crippen LogP contribution in [0.2, 0.25) is 0 Å². The predicted octanol–water partition coefficient (Wildman–Crippen LogP) is 2.75. The summed E-state index contributed by atoms with van der Waals surface area (Å²) in [6.45, 7) is 8.79. The van der Waals surface area contributed by atoms with Gasteiger partial charge >= 0.3 is 6.09 Å². The number of carbonyl (C=O) groups excluding carboxylic acids is 2. The second kappa shape index (κ2) is 6.96. The Bertz CT molecular complexity index is 670. The Hall–Kier alpha value is -2.48. The summed E-state index contributed by atoms with van der Waals surface area (Å²) in [4.78, 5) is 28.4. The lowest BCUT2D eigenvalue weighted by molar-refractivity contribution is 0.00198. The number of rotatable bonds is 1. The highest BCUT2D eigenvalue weighted by Gasteiger charge is 2.33.